The van der Waals surface area contributed by atoms with E-state index in [0.717, 1.165) is 28.2 Å². The molecule has 10 heteroatoms. The van der Waals surface area contributed by atoms with Crippen LogP contribution in [-0.2, 0) is 7.05 Å². The van der Waals surface area contributed by atoms with E-state index in [1.54, 1.807) is 29.6 Å². The van der Waals surface area contributed by atoms with Crippen LogP contribution in [0.15, 0.2) is 55.0 Å². The number of anilines is 2. The van der Waals surface area contributed by atoms with Crippen molar-refractivity contribution in [2.24, 2.45) is 7.05 Å². The van der Waals surface area contributed by atoms with Crippen LogP contribution in [0.3, 0.4) is 0 Å². The first-order chi connectivity index (χ1) is 16.0. The highest BCUT2D eigenvalue weighted by Crippen LogP contribution is 2.29. The molecule has 0 unspecified atom stereocenters. The lowest BCUT2D eigenvalue weighted by Crippen LogP contribution is -1.97. The minimum Gasteiger partial charge on any atom is -0.491 e. The Bertz CT molecular complexity index is 1460. The lowest BCUT2D eigenvalue weighted by atomic mass is 10.2. The average molecular weight is 442 g/mol. The van der Waals surface area contributed by atoms with E-state index in [-0.39, 0.29) is 0 Å². The number of pyridine rings is 2. The van der Waals surface area contributed by atoms with E-state index in [9.17, 15) is 0 Å². The van der Waals surface area contributed by atoms with Crippen molar-refractivity contribution in [3.63, 3.8) is 0 Å². The molecule has 5 aromatic rings. The van der Waals surface area contributed by atoms with E-state index < -0.39 is 0 Å². The molecule has 0 bridgehead atoms. The van der Waals surface area contributed by atoms with E-state index in [1.165, 1.54) is 0 Å². The molecule has 10 nitrogen and oxygen atoms in total. The van der Waals surface area contributed by atoms with Gasteiger partial charge in [0.15, 0.2) is 17.2 Å². The molecule has 5 heterocycles. The summed E-state index contributed by atoms with van der Waals surface area (Å²) in [7, 11) is 5.03. The van der Waals surface area contributed by atoms with Gasteiger partial charge in [-0.15, -0.1) is 5.10 Å². The fraction of sp³-hybridized carbons (Fsp3) is 0.174. The summed E-state index contributed by atoms with van der Waals surface area (Å²) in [6, 6.07) is 11.4. The third kappa shape index (κ3) is 3.93. The molecule has 0 aromatic carbocycles. The second kappa shape index (κ2) is 8.23. The van der Waals surface area contributed by atoms with Gasteiger partial charge in [-0.3, -0.25) is 4.68 Å². The van der Waals surface area contributed by atoms with E-state index in [4.69, 9.17) is 19.4 Å². The number of rotatable bonds is 6. The Labute approximate surface area is 189 Å². The fourth-order valence-electron chi connectivity index (χ4n) is 3.61. The summed E-state index contributed by atoms with van der Waals surface area (Å²) < 4.78 is 14.1. The van der Waals surface area contributed by atoms with Crippen molar-refractivity contribution in [2.75, 3.05) is 19.5 Å². The maximum atomic E-state index is 5.35. The minimum atomic E-state index is 0.425. The minimum absolute atomic E-state index is 0.425. The van der Waals surface area contributed by atoms with Crippen LogP contribution in [0, 0.1) is 6.92 Å². The summed E-state index contributed by atoms with van der Waals surface area (Å²) in [6.45, 7) is 1.97. The summed E-state index contributed by atoms with van der Waals surface area (Å²) in [4.78, 5) is 13.7. The predicted molar refractivity (Wildman–Crippen MR) is 124 cm³/mol. The largest absolute Gasteiger partial charge is 0.491 e. The molecule has 0 fully saturated rings. The average Bonchev–Trinajstić information content (AvgIpc) is 3.39. The normalized spacial score (nSPS) is 11.0. The highest BCUT2D eigenvalue weighted by atomic mass is 16.5. The molecule has 0 saturated heterocycles. The molecule has 5 aromatic heterocycles. The second-order valence-corrected chi connectivity index (χ2v) is 7.42. The Balaban J connectivity index is 1.43. The molecule has 0 aliphatic rings. The van der Waals surface area contributed by atoms with Crippen LogP contribution in [0.2, 0.25) is 0 Å². The Kier molecular flexibility index (Phi) is 5.09. The summed E-state index contributed by atoms with van der Waals surface area (Å²) in [6.07, 6.45) is 5.51. The molecule has 0 atom stereocenters. The molecule has 0 radical (unpaired) electrons. The quantitative estimate of drug-likeness (QED) is 0.425. The highest BCUT2D eigenvalue weighted by Gasteiger charge is 2.12. The van der Waals surface area contributed by atoms with Gasteiger partial charge in [0.2, 0.25) is 0 Å². The lowest BCUT2D eigenvalue weighted by molar-refractivity contribution is 0.343. The highest BCUT2D eigenvalue weighted by molar-refractivity contribution is 5.67. The van der Waals surface area contributed by atoms with E-state index in [1.807, 2.05) is 62.8 Å². The summed E-state index contributed by atoms with van der Waals surface area (Å²) in [5, 5.41) is 12.2. The van der Waals surface area contributed by atoms with Crippen LogP contribution in [0.25, 0.3) is 28.2 Å². The first-order valence-electron chi connectivity index (χ1n) is 10.2. The Morgan fingerprint density at radius 3 is 2.58 bits per heavy atom. The van der Waals surface area contributed by atoms with Crippen LogP contribution < -0.4 is 14.8 Å². The van der Waals surface area contributed by atoms with Gasteiger partial charge in [-0.2, -0.15) is 5.10 Å². The van der Waals surface area contributed by atoms with E-state index in [2.05, 4.69) is 20.5 Å². The third-order valence-corrected chi connectivity index (χ3v) is 5.15. The van der Waals surface area contributed by atoms with Crippen molar-refractivity contribution >= 4 is 17.3 Å². The van der Waals surface area contributed by atoms with Gasteiger partial charge in [-0.25, -0.2) is 19.5 Å². The summed E-state index contributed by atoms with van der Waals surface area (Å²) in [5.74, 6) is 2.29. The van der Waals surface area contributed by atoms with Gasteiger partial charge in [-0.05, 0) is 31.2 Å². The predicted octanol–water partition coefficient (Wildman–Crippen LogP) is 3.66. The van der Waals surface area contributed by atoms with Gasteiger partial charge in [0, 0.05) is 42.8 Å². The summed E-state index contributed by atoms with van der Waals surface area (Å²) >= 11 is 0. The molecule has 0 aliphatic carbocycles. The Morgan fingerprint density at radius 1 is 0.939 bits per heavy atom. The molecule has 0 aliphatic heterocycles. The van der Waals surface area contributed by atoms with Gasteiger partial charge in [-0.1, -0.05) is 6.07 Å². The van der Waals surface area contributed by atoms with E-state index in [0.29, 0.717) is 28.9 Å². The molecule has 1 N–H and O–H groups in total. The smallest absolute Gasteiger partial charge is 0.256 e. The Morgan fingerprint density at radius 2 is 1.82 bits per heavy atom. The number of hydrogen-bond donors (Lipinski definition) is 1. The molecule has 0 amide bonds. The van der Waals surface area contributed by atoms with Crippen LogP contribution in [0.4, 0.5) is 11.6 Å². The molecule has 5 rings (SSSR count). The number of aryl methyl sites for hydroxylation is 2. The molecular weight excluding hydrogens is 420 g/mol. The zero-order valence-electron chi connectivity index (χ0n) is 18.6. The summed E-state index contributed by atoms with van der Waals surface area (Å²) in [5.41, 5.74) is 5.00. The van der Waals surface area contributed by atoms with Gasteiger partial charge in [0.1, 0.15) is 5.82 Å². The van der Waals surface area contributed by atoms with Crippen molar-refractivity contribution < 1.29 is 9.47 Å². The van der Waals surface area contributed by atoms with Gasteiger partial charge in [0.05, 0.1) is 31.3 Å². The van der Waals surface area contributed by atoms with Gasteiger partial charge in [0.25, 0.3) is 5.88 Å². The molecule has 0 spiro atoms. The van der Waals surface area contributed by atoms with Crippen molar-refractivity contribution in [3.05, 3.63) is 60.7 Å². The molecule has 166 valence electrons. The van der Waals surface area contributed by atoms with E-state index >= 15 is 0 Å². The van der Waals surface area contributed by atoms with Crippen molar-refractivity contribution in [1.29, 1.82) is 0 Å². The fourth-order valence-corrected chi connectivity index (χ4v) is 3.61. The first-order valence-corrected chi connectivity index (χ1v) is 10.2. The SMILES string of the molecule is COc1cc(-c2ccn3nc(Nc4cccc(-c5cn(C)nc5C)n4)cc3n2)cnc1OC. The van der Waals surface area contributed by atoms with Crippen molar-refractivity contribution in [1.82, 2.24) is 34.3 Å². The van der Waals surface area contributed by atoms with Crippen LogP contribution >= 0.6 is 0 Å². The molecule has 33 heavy (non-hydrogen) atoms. The zero-order valence-corrected chi connectivity index (χ0v) is 18.6. The van der Waals surface area contributed by atoms with Crippen molar-refractivity contribution in [2.45, 2.75) is 6.92 Å². The number of nitrogens with one attached hydrogen (secondary N) is 1. The number of ether oxygens (including phenoxy) is 2. The number of hydrogen-bond acceptors (Lipinski definition) is 8. The zero-order chi connectivity index (χ0) is 22.9. The van der Waals surface area contributed by atoms with Crippen molar-refractivity contribution in [3.8, 4) is 34.1 Å². The molecular formula is C23H22N8O2. The lowest BCUT2D eigenvalue weighted by Gasteiger charge is -2.08. The maximum absolute atomic E-state index is 5.35. The van der Waals surface area contributed by atoms with Gasteiger partial charge >= 0.3 is 0 Å². The Hall–Kier alpha value is -4.47. The topological polar surface area (TPSA) is 104 Å². The van der Waals surface area contributed by atoms with Crippen LogP contribution in [0.5, 0.6) is 11.6 Å². The second-order valence-electron chi connectivity index (χ2n) is 7.42. The number of fused-ring (bicyclic) bond motifs is 1. The first kappa shape index (κ1) is 20.4. The van der Waals surface area contributed by atoms with Gasteiger partial charge < -0.3 is 14.8 Å². The van der Waals surface area contributed by atoms with Crippen LogP contribution in [-0.4, -0.2) is 48.6 Å². The number of methoxy groups -OCH3 is 2. The third-order valence-electron chi connectivity index (χ3n) is 5.15. The monoisotopic (exact) mass is 442 g/mol. The molecule has 0 saturated carbocycles. The number of nitrogens with zero attached hydrogens (tertiary/aromatic N) is 7. The number of aromatic nitrogens is 7. The van der Waals surface area contributed by atoms with Crippen LogP contribution in [0.1, 0.15) is 5.69 Å². The maximum Gasteiger partial charge on any atom is 0.256 e. The standard InChI is InChI=1S/C23H22N8O2/c1-14-16(13-30(2)28-14)18-6-5-7-20(25-18)27-21-11-22-26-17(8-9-31(22)29-21)15-10-19(32-3)23(33-4)24-12-15/h5-13H,1-4H3,(H,25,27,29).